The topological polar surface area (TPSA) is 46.5 Å². The molecule has 0 spiro atoms. The van der Waals surface area contributed by atoms with Gasteiger partial charge in [0.15, 0.2) is 0 Å². The van der Waals surface area contributed by atoms with E-state index in [0.717, 1.165) is 55.0 Å². The summed E-state index contributed by atoms with van der Waals surface area (Å²) in [5.41, 5.74) is 5.98. The van der Waals surface area contributed by atoms with E-state index in [1.165, 1.54) is 21.6 Å². The number of aryl methyl sites for hydroxylation is 1. The van der Waals surface area contributed by atoms with Crippen LogP contribution in [0.5, 0.6) is 0 Å². The van der Waals surface area contributed by atoms with Crippen LogP contribution in [0.2, 0.25) is 0 Å². The van der Waals surface area contributed by atoms with Crippen molar-refractivity contribution in [3.05, 3.63) is 41.1 Å². The number of fused-ring (bicyclic) bond motifs is 1. The van der Waals surface area contributed by atoms with Crippen LogP contribution in [0.25, 0.3) is 10.9 Å². The van der Waals surface area contributed by atoms with Crippen molar-refractivity contribution in [1.29, 1.82) is 0 Å². The van der Waals surface area contributed by atoms with Crippen LogP contribution in [0.4, 0.5) is 5.69 Å². The fourth-order valence-electron chi connectivity index (χ4n) is 3.38. The molecule has 2 aromatic rings. The molecule has 0 saturated carbocycles. The second-order valence-electron chi connectivity index (χ2n) is 7.12. The molecule has 1 aromatic carbocycles. The van der Waals surface area contributed by atoms with Gasteiger partial charge >= 0.3 is 0 Å². The summed E-state index contributed by atoms with van der Waals surface area (Å²) in [7, 11) is 0. The lowest BCUT2D eigenvalue weighted by molar-refractivity contribution is 0.100. The summed E-state index contributed by atoms with van der Waals surface area (Å²) >= 11 is 1.98. The molecule has 4 rings (SSSR count). The molecule has 2 aliphatic rings. The number of aromatic nitrogens is 1. The van der Waals surface area contributed by atoms with Crippen LogP contribution in [0.15, 0.2) is 45.4 Å². The Hall–Kier alpha value is -1.85. The summed E-state index contributed by atoms with van der Waals surface area (Å²) in [6, 6.07) is 6.54. The Kier molecular flexibility index (Phi) is 5.00. The summed E-state index contributed by atoms with van der Waals surface area (Å²) in [6.45, 7) is 9.01. The maximum Gasteiger partial charge on any atom is 0.128 e. The number of ether oxygens (including phenoxy) is 1. The van der Waals surface area contributed by atoms with Crippen molar-refractivity contribution < 1.29 is 4.74 Å². The zero-order valence-corrected chi connectivity index (χ0v) is 16.4. The first-order valence-corrected chi connectivity index (χ1v) is 10.1. The summed E-state index contributed by atoms with van der Waals surface area (Å²) in [5, 5.41) is 5.34. The number of nitrogens with zero attached hydrogens (tertiary/aromatic N) is 2. The number of rotatable bonds is 3. The van der Waals surface area contributed by atoms with Gasteiger partial charge in [-0.25, -0.2) is 0 Å². The monoisotopic (exact) mass is 367 g/mol. The van der Waals surface area contributed by atoms with Crippen molar-refractivity contribution in [2.24, 2.45) is 4.99 Å². The number of amidine groups is 1. The molecule has 0 atom stereocenters. The van der Waals surface area contributed by atoms with Gasteiger partial charge in [-0.2, -0.15) is 0 Å². The van der Waals surface area contributed by atoms with Gasteiger partial charge in [-0.05, 0) is 68.5 Å². The van der Waals surface area contributed by atoms with Crippen LogP contribution in [-0.2, 0) is 4.74 Å². The van der Waals surface area contributed by atoms with Crippen LogP contribution in [-0.4, -0.2) is 35.8 Å². The molecule has 0 unspecified atom stereocenters. The van der Waals surface area contributed by atoms with Crippen molar-refractivity contribution in [1.82, 2.24) is 4.98 Å². The van der Waals surface area contributed by atoms with Crippen LogP contribution in [0.3, 0.4) is 0 Å². The Morgan fingerprint density at radius 3 is 2.69 bits per heavy atom. The van der Waals surface area contributed by atoms with Crippen molar-refractivity contribution in [2.75, 3.05) is 25.1 Å². The zero-order chi connectivity index (χ0) is 18.1. The summed E-state index contributed by atoms with van der Waals surface area (Å²) in [5.74, 6) is 0.981. The Labute approximate surface area is 159 Å². The fourth-order valence-corrected chi connectivity index (χ4v) is 4.60. The molecule has 0 aliphatic carbocycles. The Morgan fingerprint density at radius 1 is 1.15 bits per heavy atom. The number of nitrogens with one attached hydrogen (secondary N) is 1. The lowest BCUT2D eigenvalue weighted by Gasteiger charge is -2.22. The number of anilines is 1. The average Bonchev–Trinajstić information content (AvgIpc) is 2.96. The molecule has 5 heteroatoms. The number of hydrogen-bond donors (Lipinski definition) is 1. The van der Waals surface area contributed by atoms with E-state index in [4.69, 9.17) is 4.74 Å². The molecule has 3 heterocycles. The SMILES string of the molecule is CC1=C(C)C(Nc2ccnc3cc(C)c(SC4CCOCC4)cc23)=NC1. The largest absolute Gasteiger partial charge is 0.381 e. The van der Waals surface area contributed by atoms with Gasteiger partial charge in [-0.1, -0.05) is 0 Å². The van der Waals surface area contributed by atoms with Gasteiger partial charge < -0.3 is 10.1 Å². The smallest absolute Gasteiger partial charge is 0.128 e. The van der Waals surface area contributed by atoms with Crippen molar-refractivity contribution in [3.8, 4) is 0 Å². The molecule has 136 valence electrons. The Morgan fingerprint density at radius 2 is 1.96 bits per heavy atom. The highest BCUT2D eigenvalue weighted by Gasteiger charge is 2.18. The van der Waals surface area contributed by atoms with Gasteiger partial charge in [-0.3, -0.25) is 9.98 Å². The van der Waals surface area contributed by atoms with E-state index in [1.807, 2.05) is 24.0 Å². The normalized spacial score (nSPS) is 18.5. The van der Waals surface area contributed by atoms with Gasteiger partial charge in [-0.15, -0.1) is 11.8 Å². The molecular weight excluding hydrogens is 342 g/mol. The number of aliphatic imine (C=N–C) groups is 1. The first-order valence-electron chi connectivity index (χ1n) is 9.24. The summed E-state index contributed by atoms with van der Waals surface area (Å²) in [6.07, 6.45) is 4.12. The van der Waals surface area contributed by atoms with Gasteiger partial charge in [0.2, 0.25) is 0 Å². The second kappa shape index (κ2) is 7.41. The standard InChI is InChI=1S/C21H25N3OS/c1-13-10-19-17(11-20(13)26-16-5-8-25-9-6-16)18(4-7-22-19)24-21-15(3)14(2)12-23-21/h4,7,10-11,16H,5-6,8-9,12H2,1-3H3,(H,22,23,24). The first-order chi connectivity index (χ1) is 12.6. The molecule has 26 heavy (non-hydrogen) atoms. The first kappa shape index (κ1) is 17.6. The Balaban J connectivity index is 1.67. The van der Waals surface area contributed by atoms with E-state index in [1.54, 1.807) is 0 Å². The van der Waals surface area contributed by atoms with Gasteiger partial charge in [0, 0.05) is 34.9 Å². The molecule has 1 N–H and O–H groups in total. The molecular formula is C21H25N3OS. The van der Waals surface area contributed by atoms with Gasteiger partial charge in [0.1, 0.15) is 5.84 Å². The minimum atomic E-state index is 0.639. The molecule has 0 radical (unpaired) electrons. The lowest BCUT2D eigenvalue weighted by Crippen LogP contribution is -2.17. The third kappa shape index (κ3) is 3.51. The number of hydrogen-bond acceptors (Lipinski definition) is 5. The van der Waals surface area contributed by atoms with Crippen molar-refractivity contribution in [2.45, 2.75) is 43.8 Å². The Bertz CT molecular complexity index is 898. The summed E-state index contributed by atoms with van der Waals surface area (Å²) in [4.78, 5) is 10.5. The predicted molar refractivity (Wildman–Crippen MR) is 110 cm³/mol. The number of benzene rings is 1. The van der Waals surface area contributed by atoms with E-state index in [0.29, 0.717) is 5.25 Å². The predicted octanol–water partition coefficient (Wildman–Crippen LogP) is 4.97. The average molecular weight is 368 g/mol. The number of thioether (sulfide) groups is 1. The molecule has 2 aliphatic heterocycles. The minimum absolute atomic E-state index is 0.639. The van der Waals surface area contributed by atoms with Crippen LogP contribution >= 0.6 is 11.8 Å². The second-order valence-corrected chi connectivity index (χ2v) is 8.46. The fraction of sp³-hybridized carbons (Fsp3) is 0.429. The summed E-state index contributed by atoms with van der Waals surface area (Å²) < 4.78 is 5.50. The minimum Gasteiger partial charge on any atom is -0.381 e. The quantitative estimate of drug-likeness (QED) is 0.831. The van der Waals surface area contributed by atoms with Crippen LogP contribution < -0.4 is 5.32 Å². The van der Waals surface area contributed by atoms with Gasteiger partial charge in [0.25, 0.3) is 0 Å². The highest BCUT2D eigenvalue weighted by Crippen LogP contribution is 2.36. The molecule has 0 amide bonds. The molecule has 1 aromatic heterocycles. The van der Waals surface area contributed by atoms with Crippen molar-refractivity contribution >= 4 is 34.2 Å². The van der Waals surface area contributed by atoms with Crippen LogP contribution in [0, 0.1) is 6.92 Å². The maximum absolute atomic E-state index is 5.50. The van der Waals surface area contributed by atoms with E-state index in [-0.39, 0.29) is 0 Å². The molecule has 1 fully saturated rings. The third-order valence-electron chi connectivity index (χ3n) is 5.22. The third-order valence-corrected chi connectivity index (χ3v) is 6.72. The van der Waals surface area contributed by atoms with E-state index in [9.17, 15) is 0 Å². The van der Waals surface area contributed by atoms with Crippen molar-refractivity contribution in [3.63, 3.8) is 0 Å². The van der Waals surface area contributed by atoms with Gasteiger partial charge in [0.05, 0.1) is 17.7 Å². The highest BCUT2D eigenvalue weighted by molar-refractivity contribution is 8.00. The van der Waals surface area contributed by atoms with E-state index < -0.39 is 0 Å². The molecule has 0 bridgehead atoms. The highest BCUT2D eigenvalue weighted by atomic mass is 32.2. The van der Waals surface area contributed by atoms with E-state index >= 15 is 0 Å². The molecule has 4 nitrogen and oxygen atoms in total. The maximum atomic E-state index is 5.50. The zero-order valence-electron chi connectivity index (χ0n) is 15.6. The number of pyridine rings is 1. The lowest BCUT2D eigenvalue weighted by atomic mass is 10.1. The molecule has 1 saturated heterocycles. The van der Waals surface area contributed by atoms with E-state index in [2.05, 4.69) is 48.2 Å². The van der Waals surface area contributed by atoms with Crippen LogP contribution in [0.1, 0.15) is 32.3 Å².